The van der Waals surface area contributed by atoms with E-state index in [4.69, 9.17) is 0 Å². The second-order valence-corrected chi connectivity index (χ2v) is 9.25. The van der Waals surface area contributed by atoms with Gasteiger partial charge in [-0.25, -0.2) is 0 Å². The van der Waals surface area contributed by atoms with Gasteiger partial charge in [0.25, 0.3) is 10.1 Å². The highest BCUT2D eigenvalue weighted by atomic mass is 32.2. The second-order valence-electron chi connectivity index (χ2n) is 7.80. The van der Waals surface area contributed by atoms with E-state index < -0.39 is 32.3 Å². The fourth-order valence-corrected chi connectivity index (χ4v) is 6.45. The van der Waals surface area contributed by atoms with Crippen molar-refractivity contribution >= 4 is 15.9 Å². The molecule has 2 aliphatic carbocycles. The molecular formula is C14H23NO5S. The predicted octanol–water partition coefficient (Wildman–Crippen LogP) is 0.219. The Bertz CT molecular complexity index is 596. The van der Waals surface area contributed by atoms with Gasteiger partial charge in [-0.15, -0.1) is 0 Å². The highest BCUT2D eigenvalue weighted by Crippen LogP contribution is 2.68. The van der Waals surface area contributed by atoms with Crippen LogP contribution in [0.15, 0.2) is 0 Å². The summed E-state index contributed by atoms with van der Waals surface area (Å²) < 4.78 is 32.5. The van der Waals surface area contributed by atoms with Crippen molar-refractivity contribution in [3.8, 4) is 0 Å². The minimum absolute atomic E-state index is 0.0872. The zero-order chi connectivity index (χ0) is 15.8. The highest BCUT2D eigenvalue weighted by Gasteiger charge is 2.73. The number of β-amino-alcohol motifs (C(OH)–C–C–N with tert-alkyl or cyclic N) is 1. The summed E-state index contributed by atoms with van der Waals surface area (Å²) in [6.45, 7) is 5.98. The number of carbonyl (C=O) groups is 1. The van der Waals surface area contributed by atoms with E-state index in [1.807, 2.05) is 13.8 Å². The van der Waals surface area contributed by atoms with Crippen LogP contribution in [0.4, 0.5) is 0 Å². The topological polar surface area (TPSA) is 104 Å². The molecule has 3 N–H and O–H groups in total. The van der Waals surface area contributed by atoms with E-state index in [-0.39, 0.29) is 23.7 Å². The number of hydrogen-bond acceptors (Lipinski definition) is 5. The van der Waals surface area contributed by atoms with Gasteiger partial charge in [-0.3, -0.25) is 9.35 Å². The normalized spacial score (nSPS) is 48.4. The van der Waals surface area contributed by atoms with E-state index in [0.29, 0.717) is 19.4 Å². The smallest absolute Gasteiger partial charge is 0.265 e. The van der Waals surface area contributed by atoms with Gasteiger partial charge < -0.3 is 10.4 Å². The number of ketones is 1. The first-order valence-corrected chi connectivity index (χ1v) is 8.97. The molecule has 2 saturated carbocycles. The largest absolute Gasteiger partial charge is 0.387 e. The molecule has 21 heavy (non-hydrogen) atoms. The predicted molar refractivity (Wildman–Crippen MR) is 76.3 cm³/mol. The quantitative estimate of drug-likeness (QED) is 0.643. The van der Waals surface area contributed by atoms with E-state index in [1.165, 1.54) is 0 Å². The Morgan fingerprint density at radius 2 is 1.95 bits per heavy atom. The monoisotopic (exact) mass is 317 g/mol. The van der Waals surface area contributed by atoms with Gasteiger partial charge in [-0.1, -0.05) is 13.8 Å². The third kappa shape index (κ3) is 1.87. The Morgan fingerprint density at radius 1 is 1.33 bits per heavy atom. The Labute approximate surface area is 125 Å². The molecule has 120 valence electrons. The van der Waals surface area contributed by atoms with E-state index in [0.717, 1.165) is 0 Å². The SMILES string of the molecule is CC1(C)C2CC(=O)C1(CS(=O)(=O)O)C([C@@H]1NC[C@@]1(C)O)C2. The second kappa shape index (κ2) is 4.07. The van der Waals surface area contributed by atoms with Crippen LogP contribution < -0.4 is 5.32 Å². The van der Waals surface area contributed by atoms with Crippen molar-refractivity contribution in [2.45, 2.75) is 45.3 Å². The fraction of sp³-hybridized carbons (Fsp3) is 0.929. The number of nitrogens with one attached hydrogen (secondary N) is 1. The standard InChI is InChI=1S/C14H23NO5S/c1-12(2)8-4-9(11-13(3,17)6-15-11)14(12,10(16)5-8)7-21(18,19)20/h8-9,11,15,17H,4-7H2,1-3H3,(H,18,19,20)/t8?,9?,11-,13+,14?/m0/s1. The molecule has 1 aliphatic heterocycles. The van der Waals surface area contributed by atoms with Crippen molar-refractivity contribution in [1.82, 2.24) is 5.32 Å². The Kier molecular flexibility index (Phi) is 2.98. The van der Waals surface area contributed by atoms with Gasteiger partial charge in [-0.05, 0) is 30.6 Å². The van der Waals surface area contributed by atoms with Crippen molar-refractivity contribution in [3.05, 3.63) is 0 Å². The first-order chi connectivity index (χ1) is 9.42. The molecule has 1 saturated heterocycles. The van der Waals surface area contributed by atoms with Crippen molar-refractivity contribution < 1.29 is 22.9 Å². The molecule has 6 nitrogen and oxygen atoms in total. The van der Waals surface area contributed by atoms with Crippen LogP contribution >= 0.6 is 0 Å². The molecule has 3 fully saturated rings. The lowest BCUT2D eigenvalue weighted by Gasteiger charge is -2.53. The number of fused-ring (bicyclic) bond motifs is 2. The number of hydrogen-bond donors (Lipinski definition) is 3. The Hall–Kier alpha value is -0.500. The molecule has 3 unspecified atom stereocenters. The zero-order valence-electron chi connectivity index (χ0n) is 12.6. The summed E-state index contributed by atoms with van der Waals surface area (Å²) in [5.74, 6) is -0.781. The van der Waals surface area contributed by atoms with Crippen molar-refractivity contribution in [1.29, 1.82) is 0 Å². The first-order valence-electron chi connectivity index (χ1n) is 7.36. The Morgan fingerprint density at radius 3 is 2.33 bits per heavy atom. The van der Waals surface area contributed by atoms with E-state index in [9.17, 15) is 22.9 Å². The maximum Gasteiger partial charge on any atom is 0.265 e. The fourth-order valence-electron chi connectivity index (χ4n) is 5.13. The highest BCUT2D eigenvalue weighted by molar-refractivity contribution is 7.85. The van der Waals surface area contributed by atoms with Crippen LogP contribution in [0, 0.1) is 22.7 Å². The summed E-state index contributed by atoms with van der Waals surface area (Å²) in [5.41, 5.74) is -2.52. The van der Waals surface area contributed by atoms with Gasteiger partial charge in [-0.2, -0.15) is 8.42 Å². The molecule has 0 radical (unpaired) electrons. The van der Waals surface area contributed by atoms with E-state index in [2.05, 4.69) is 5.32 Å². The molecule has 2 bridgehead atoms. The Balaban J connectivity index is 2.08. The first kappa shape index (κ1) is 15.4. The minimum Gasteiger partial charge on any atom is -0.387 e. The average Bonchev–Trinajstić information content (AvgIpc) is 2.58. The number of aliphatic hydroxyl groups is 1. The lowest BCUT2D eigenvalue weighted by atomic mass is 9.60. The summed E-state index contributed by atoms with van der Waals surface area (Å²) >= 11 is 0. The summed E-state index contributed by atoms with van der Waals surface area (Å²) in [6, 6.07) is -0.298. The van der Waals surface area contributed by atoms with Crippen LogP contribution in [-0.2, 0) is 14.9 Å². The van der Waals surface area contributed by atoms with Crippen molar-refractivity contribution in [3.63, 3.8) is 0 Å². The molecule has 0 amide bonds. The van der Waals surface area contributed by atoms with Gasteiger partial charge in [0.1, 0.15) is 5.78 Å². The van der Waals surface area contributed by atoms with Crippen molar-refractivity contribution in [2.75, 3.05) is 12.3 Å². The molecule has 7 heteroatoms. The number of rotatable bonds is 3. The van der Waals surface area contributed by atoms with Crippen LogP contribution in [0.3, 0.4) is 0 Å². The summed E-state index contributed by atoms with van der Waals surface area (Å²) in [5, 5.41) is 13.5. The van der Waals surface area contributed by atoms with Gasteiger partial charge in [0, 0.05) is 19.0 Å². The molecule has 5 atom stereocenters. The summed E-state index contributed by atoms with van der Waals surface area (Å²) in [6.07, 6.45) is 1.08. The molecule has 0 spiro atoms. The van der Waals surface area contributed by atoms with Crippen LogP contribution in [0.5, 0.6) is 0 Å². The van der Waals surface area contributed by atoms with Crippen LogP contribution in [0.25, 0.3) is 0 Å². The third-order valence-corrected chi connectivity index (χ3v) is 7.25. The maximum absolute atomic E-state index is 12.6. The summed E-state index contributed by atoms with van der Waals surface area (Å²) in [7, 11) is -4.27. The molecule has 0 aromatic carbocycles. The molecule has 0 aromatic rings. The van der Waals surface area contributed by atoms with Gasteiger partial charge >= 0.3 is 0 Å². The molecule has 3 aliphatic rings. The molecule has 1 heterocycles. The van der Waals surface area contributed by atoms with Gasteiger partial charge in [0.05, 0.1) is 16.8 Å². The van der Waals surface area contributed by atoms with Crippen LogP contribution in [0.1, 0.15) is 33.6 Å². The average molecular weight is 317 g/mol. The van der Waals surface area contributed by atoms with Gasteiger partial charge in [0.2, 0.25) is 0 Å². The minimum atomic E-state index is -4.27. The third-order valence-electron chi connectivity index (χ3n) is 6.43. The lowest BCUT2D eigenvalue weighted by Crippen LogP contribution is -2.72. The van der Waals surface area contributed by atoms with Crippen LogP contribution in [-0.4, -0.2) is 47.8 Å². The van der Waals surface area contributed by atoms with Gasteiger partial charge in [0.15, 0.2) is 0 Å². The maximum atomic E-state index is 12.6. The molecule has 0 aromatic heterocycles. The molecule has 3 rings (SSSR count). The number of carbonyl (C=O) groups excluding carboxylic acids is 1. The number of Topliss-reactive ketones (excluding diaryl/α,β-unsaturated/α-hetero) is 1. The van der Waals surface area contributed by atoms with Crippen molar-refractivity contribution in [2.24, 2.45) is 22.7 Å². The lowest BCUT2D eigenvalue weighted by molar-refractivity contribution is -0.139. The molecular weight excluding hydrogens is 294 g/mol. The van der Waals surface area contributed by atoms with Crippen LogP contribution in [0.2, 0.25) is 0 Å². The van der Waals surface area contributed by atoms with E-state index >= 15 is 0 Å². The summed E-state index contributed by atoms with van der Waals surface area (Å²) in [4.78, 5) is 12.6. The zero-order valence-corrected chi connectivity index (χ0v) is 13.4. The van der Waals surface area contributed by atoms with E-state index in [1.54, 1.807) is 6.92 Å².